The molecule has 1 atom stereocenters. The third-order valence-corrected chi connectivity index (χ3v) is 5.41. The Bertz CT molecular complexity index is 1080. The van der Waals surface area contributed by atoms with Gasteiger partial charge in [0.15, 0.2) is 5.78 Å². The number of amides is 1. The average Bonchev–Trinajstić information content (AvgIpc) is 3.28. The van der Waals surface area contributed by atoms with E-state index in [2.05, 4.69) is 10.2 Å². The van der Waals surface area contributed by atoms with Crippen molar-refractivity contribution in [2.75, 3.05) is 20.2 Å². The fourth-order valence-corrected chi connectivity index (χ4v) is 3.85. The molecule has 1 aromatic heterocycles. The molecule has 0 spiro atoms. The van der Waals surface area contributed by atoms with Gasteiger partial charge in [-0.05, 0) is 43.2 Å². The molecule has 1 aliphatic rings. The molecule has 2 heterocycles. The van der Waals surface area contributed by atoms with E-state index in [0.717, 1.165) is 6.42 Å². The van der Waals surface area contributed by atoms with Gasteiger partial charge in [0.25, 0.3) is 5.91 Å². The second kappa shape index (κ2) is 8.49. The molecular formula is C23H22FN3O3. The van der Waals surface area contributed by atoms with Gasteiger partial charge in [0.05, 0.1) is 18.4 Å². The van der Waals surface area contributed by atoms with Gasteiger partial charge in [0.1, 0.15) is 17.3 Å². The molecular weight excluding hydrogens is 385 g/mol. The molecule has 1 fully saturated rings. The van der Waals surface area contributed by atoms with Crippen molar-refractivity contribution in [2.45, 2.75) is 12.8 Å². The number of aromatic amines is 1. The highest BCUT2D eigenvalue weighted by Gasteiger charge is 2.31. The number of halogens is 1. The summed E-state index contributed by atoms with van der Waals surface area (Å²) >= 11 is 0. The molecule has 1 N–H and O–H groups in total. The minimum absolute atomic E-state index is 0.0263. The molecule has 3 aromatic rings. The molecule has 7 heteroatoms. The zero-order valence-electron chi connectivity index (χ0n) is 16.6. The lowest BCUT2D eigenvalue weighted by Crippen LogP contribution is -2.42. The van der Waals surface area contributed by atoms with Gasteiger partial charge in [-0.25, -0.2) is 4.39 Å². The van der Waals surface area contributed by atoms with Crippen molar-refractivity contribution < 1.29 is 18.7 Å². The van der Waals surface area contributed by atoms with Crippen LogP contribution < -0.4 is 4.74 Å². The van der Waals surface area contributed by atoms with Gasteiger partial charge >= 0.3 is 0 Å². The minimum atomic E-state index is -0.400. The van der Waals surface area contributed by atoms with Gasteiger partial charge in [0, 0.05) is 24.6 Å². The van der Waals surface area contributed by atoms with E-state index < -0.39 is 5.82 Å². The van der Waals surface area contributed by atoms with E-state index in [1.165, 1.54) is 13.2 Å². The lowest BCUT2D eigenvalue weighted by Gasteiger charge is -2.31. The van der Waals surface area contributed by atoms with Crippen LogP contribution in [-0.2, 0) is 0 Å². The van der Waals surface area contributed by atoms with Gasteiger partial charge in [-0.1, -0.05) is 24.3 Å². The van der Waals surface area contributed by atoms with Crippen molar-refractivity contribution >= 4 is 11.7 Å². The van der Waals surface area contributed by atoms with E-state index in [4.69, 9.17) is 4.74 Å². The smallest absolute Gasteiger partial charge is 0.271 e. The van der Waals surface area contributed by atoms with Gasteiger partial charge in [-0.2, -0.15) is 5.10 Å². The molecule has 2 aromatic carbocycles. The largest absolute Gasteiger partial charge is 0.496 e. The number of piperidine rings is 1. The highest BCUT2D eigenvalue weighted by molar-refractivity contribution is 6.01. The van der Waals surface area contributed by atoms with Crippen molar-refractivity contribution in [3.05, 3.63) is 71.7 Å². The third kappa shape index (κ3) is 3.83. The van der Waals surface area contributed by atoms with E-state index >= 15 is 0 Å². The average molecular weight is 407 g/mol. The first-order chi connectivity index (χ1) is 14.6. The van der Waals surface area contributed by atoms with Gasteiger partial charge in [0.2, 0.25) is 0 Å². The van der Waals surface area contributed by atoms with Crippen molar-refractivity contribution in [1.82, 2.24) is 15.1 Å². The van der Waals surface area contributed by atoms with E-state index in [1.54, 1.807) is 47.4 Å². The van der Waals surface area contributed by atoms with Crippen LogP contribution in [0.5, 0.6) is 5.75 Å². The summed E-state index contributed by atoms with van der Waals surface area (Å²) in [4.78, 5) is 27.7. The summed E-state index contributed by atoms with van der Waals surface area (Å²) < 4.78 is 19.3. The van der Waals surface area contributed by atoms with Crippen LogP contribution in [0.1, 0.15) is 33.7 Å². The minimum Gasteiger partial charge on any atom is -0.496 e. The molecule has 0 aliphatic carbocycles. The number of aromatic nitrogens is 2. The van der Waals surface area contributed by atoms with Gasteiger partial charge < -0.3 is 9.64 Å². The van der Waals surface area contributed by atoms with Crippen LogP contribution in [-0.4, -0.2) is 47.0 Å². The quantitative estimate of drug-likeness (QED) is 0.650. The Hall–Kier alpha value is -3.48. The maximum atomic E-state index is 14.0. The second-order valence-corrected chi connectivity index (χ2v) is 7.30. The summed E-state index contributed by atoms with van der Waals surface area (Å²) in [5.41, 5.74) is 1.51. The predicted octanol–water partition coefficient (Wildman–Crippen LogP) is 3.96. The number of methoxy groups -OCH3 is 1. The number of para-hydroxylation sites is 1. The Kier molecular flexibility index (Phi) is 5.61. The summed E-state index contributed by atoms with van der Waals surface area (Å²) in [6.45, 7) is 0.881. The number of carbonyl (C=O) groups is 2. The molecule has 6 nitrogen and oxygen atoms in total. The number of H-pyrrole nitrogens is 1. The lowest BCUT2D eigenvalue weighted by molar-refractivity contribution is 0.0631. The molecule has 154 valence electrons. The number of nitrogens with one attached hydrogen (secondary N) is 1. The first-order valence-electron chi connectivity index (χ1n) is 9.85. The highest BCUT2D eigenvalue weighted by atomic mass is 19.1. The Morgan fingerprint density at radius 1 is 1.17 bits per heavy atom. The summed E-state index contributed by atoms with van der Waals surface area (Å²) in [5, 5.41) is 6.80. The molecule has 30 heavy (non-hydrogen) atoms. The lowest BCUT2D eigenvalue weighted by atomic mass is 9.89. The number of ether oxygens (including phenoxy) is 1. The maximum absolute atomic E-state index is 14.0. The monoisotopic (exact) mass is 407 g/mol. The molecule has 0 saturated carbocycles. The van der Waals surface area contributed by atoms with E-state index in [1.807, 2.05) is 6.07 Å². The molecule has 0 radical (unpaired) electrons. The van der Waals surface area contributed by atoms with Gasteiger partial charge in [-0.15, -0.1) is 0 Å². The van der Waals surface area contributed by atoms with Crippen molar-refractivity contribution in [3.8, 4) is 17.0 Å². The molecule has 1 aliphatic heterocycles. The number of benzene rings is 2. The summed E-state index contributed by atoms with van der Waals surface area (Å²) in [5.74, 6) is -0.435. The topological polar surface area (TPSA) is 75.3 Å². The van der Waals surface area contributed by atoms with Crippen LogP contribution in [0.15, 0.2) is 54.6 Å². The molecule has 1 amide bonds. The fourth-order valence-electron chi connectivity index (χ4n) is 3.85. The standard InChI is InChI=1S/C23H22FN3O3/c1-30-21-11-5-3-9-17(21)22(28)15-7-6-12-27(14-15)23(29)20-13-19(25-26-20)16-8-2-4-10-18(16)24/h2-5,8-11,13,15H,6-7,12,14H2,1H3,(H,25,26). The Balaban J connectivity index is 1.50. The molecule has 0 bridgehead atoms. The number of carbonyl (C=O) groups excluding carboxylic acids is 2. The Morgan fingerprint density at radius 2 is 1.93 bits per heavy atom. The number of rotatable bonds is 5. The third-order valence-electron chi connectivity index (χ3n) is 5.41. The summed E-state index contributed by atoms with van der Waals surface area (Å²) in [7, 11) is 1.54. The molecule has 4 rings (SSSR count). The van der Waals surface area contributed by atoms with Crippen molar-refractivity contribution in [2.24, 2.45) is 5.92 Å². The van der Waals surface area contributed by atoms with Crippen molar-refractivity contribution in [1.29, 1.82) is 0 Å². The van der Waals surface area contributed by atoms with Gasteiger partial charge in [-0.3, -0.25) is 14.7 Å². The van der Waals surface area contributed by atoms with Crippen molar-refractivity contribution in [3.63, 3.8) is 0 Å². The number of ketones is 1. The number of likely N-dealkylation sites (tertiary alicyclic amines) is 1. The van der Waals surface area contributed by atoms with Crippen LogP contribution in [0.2, 0.25) is 0 Å². The first kappa shape index (κ1) is 19.8. The molecule has 1 saturated heterocycles. The van der Waals surface area contributed by atoms with E-state index in [9.17, 15) is 14.0 Å². The summed E-state index contributed by atoms with van der Waals surface area (Å²) in [6.07, 6.45) is 1.44. The SMILES string of the molecule is COc1ccccc1C(=O)C1CCCN(C(=O)c2cc(-c3ccccc3F)n[nH]2)C1. The number of Topliss-reactive ketones (excluding diaryl/α,β-unsaturated/α-hetero) is 1. The van der Waals surface area contributed by atoms with Crippen LogP contribution >= 0.6 is 0 Å². The highest BCUT2D eigenvalue weighted by Crippen LogP contribution is 2.27. The zero-order valence-corrected chi connectivity index (χ0v) is 16.6. The second-order valence-electron chi connectivity index (χ2n) is 7.30. The van der Waals surface area contributed by atoms with Crippen LogP contribution in [0, 0.1) is 11.7 Å². The maximum Gasteiger partial charge on any atom is 0.271 e. The van der Waals surface area contributed by atoms with E-state index in [-0.39, 0.29) is 23.3 Å². The first-order valence-corrected chi connectivity index (χ1v) is 9.85. The Labute approximate surface area is 173 Å². The number of hydrogen-bond donors (Lipinski definition) is 1. The fraction of sp³-hybridized carbons (Fsp3) is 0.261. The summed E-state index contributed by atoms with van der Waals surface area (Å²) in [6, 6.07) is 15.0. The Morgan fingerprint density at radius 3 is 2.73 bits per heavy atom. The van der Waals surface area contributed by atoms with Crippen LogP contribution in [0.3, 0.4) is 0 Å². The predicted molar refractivity (Wildman–Crippen MR) is 110 cm³/mol. The zero-order chi connectivity index (χ0) is 21.1. The number of nitrogens with zero attached hydrogens (tertiary/aromatic N) is 2. The normalized spacial score (nSPS) is 16.3. The van der Waals surface area contributed by atoms with Crippen LogP contribution in [0.4, 0.5) is 4.39 Å². The molecule has 1 unspecified atom stereocenters. The number of hydrogen-bond acceptors (Lipinski definition) is 4. The van der Waals surface area contributed by atoms with Crippen LogP contribution in [0.25, 0.3) is 11.3 Å². The van der Waals surface area contributed by atoms with E-state index in [0.29, 0.717) is 42.1 Å².